The molecular formula is C12H14N2O3. The average molecular weight is 234 g/mol. The molecule has 1 aromatic carbocycles. The second-order valence-corrected chi connectivity index (χ2v) is 3.71. The molecule has 5 nitrogen and oxygen atoms in total. The molecule has 1 aromatic rings. The standard InChI is InChI=1S/C12H14N2O3/c1-2-17-12(16)14-10-9-6-4-3-5-8(9)7-13-11(10)15/h3-6,10H,2,7H2,1H3,(H,13,15)(H,14,16)/t10-/m1/s1. The van der Waals surface area contributed by atoms with Gasteiger partial charge < -0.3 is 15.4 Å². The summed E-state index contributed by atoms with van der Waals surface area (Å²) in [6.07, 6.45) is -0.579. The minimum absolute atomic E-state index is 0.211. The number of hydrogen-bond donors (Lipinski definition) is 2. The quantitative estimate of drug-likeness (QED) is 0.805. The van der Waals surface area contributed by atoms with Crippen LogP contribution in [-0.4, -0.2) is 18.6 Å². The van der Waals surface area contributed by atoms with E-state index in [9.17, 15) is 9.59 Å². The maximum absolute atomic E-state index is 11.7. The highest BCUT2D eigenvalue weighted by molar-refractivity contribution is 5.88. The van der Waals surface area contributed by atoms with Gasteiger partial charge in [-0.15, -0.1) is 0 Å². The normalized spacial score (nSPS) is 17.9. The first-order valence-electron chi connectivity index (χ1n) is 5.51. The van der Waals surface area contributed by atoms with Crippen LogP contribution in [0, 0.1) is 0 Å². The zero-order valence-electron chi connectivity index (χ0n) is 9.53. The van der Waals surface area contributed by atoms with Crippen LogP contribution in [0.15, 0.2) is 24.3 Å². The van der Waals surface area contributed by atoms with Gasteiger partial charge in [0, 0.05) is 6.54 Å². The van der Waals surface area contributed by atoms with E-state index < -0.39 is 12.1 Å². The molecule has 90 valence electrons. The van der Waals surface area contributed by atoms with Crippen molar-refractivity contribution in [1.29, 1.82) is 0 Å². The number of carbonyl (C=O) groups excluding carboxylic acids is 2. The number of ether oxygens (including phenoxy) is 1. The Kier molecular flexibility index (Phi) is 3.27. The minimum Gasteiger partial charge on any atom is -0.450 e. The van der Waals surface area contributed by atoms with Gasteiger partial charge in [-0.25, -0.2) is 4.79 Å². The summed E-state index contributed by atoms with van der Waals surface area (Å²) in [6.45, 7) is 2.49. The number of nitrogens with one attached hydrogen (secondary N) is 2. The van der Waals surface area contributed by atoms with E-state index in [-0.39, 0.29) is 12.5 Å². The fourth-order valence-electron chi connectivity index (χ4n) is 1.84. The van der Waals surface area contributed by atoms with E-state index in [1.807, 2.05) is 24.3 Å². The Hall–Kier alpha value is -2.04. The monoisotopic (exact) mass is 234 g/mol. The molecule has 1 atom stereocenters. The van der Waals surface area contributed by atoms with Crippen LogP contribution in [0.25, 0.3) is 0 Å². The van der Waals surface area contributed by atoms with Gasteiger partial charge in [-0.2, -0.15) is 0 Å². The Morgan fingerprint density at radius 1 is 1.53 bits per heavy atom. The molecule has 1 heterocycles. The van der Waals surface area contributed by atoms with Crippen LogP contribution in [-0.2, 0) is 16.1 Å². The Balaban J connectivity index is 2.21. The van der Waals surface area contributed by atoms with Crippen molar-refractivity contribution in [3.63, 3.8) is 0 Å². The molecule has 0 bridgehead atoms. The molecule has 0 unspecified atom stereocenters. The number of benzene rings is 1. The lowest BCUT2D eigenvalue weighted by Crippen LogP contribution is -2.44. The fourth-order valence-corrected chi connectivity index (χ4v) is 1.84. The van der Waals surface area contributed by atoms with Crippen molar-refractivity contribution in [2.75, 3.05) is 6.61 Å². The van der Waals surface area contributed by atoms with E-state index in [1.165, 1.54) is 0 Å². The number of fused-ring (bicyclic) bond motifs is 1. The van der Waals surface area contributed by atoms with E-state index in [0.717, 1.165) is 11.1 Å². The molecule has 5 heteroatoms. The number of rotatable bonds is 2. The van der Waals surface area contributed by atoms with Crippen molar-refractivity contribution in [3.05, 3.63) is 35.4 Å². The molecule has 1 aliphatic heterocycles. The number of hydrogen-bond acceptors (Lipinski definition) is 3. The van der Waals surface area contributed by atoms with Gasteiger partial charge in [-0.05, 0) is 18.1 Å². The molecule has 0 spiro atoms. The van der Waals surface area contributed by atoms with Crippen LogP contribution < -0.4 is 10.6 Å². The van der Waals surface area contributed by atoms with E-state index in [4.69, 9.17) is 4.74 Å². The predicted molar refractivity (Wildman–Crippen MR) is 61.2 cm³/mol. The molecule has 0 saturated heterocycles. The van der Waals surface area contributed by atoms with Crippen LogP contribution in [0.5, 0.6) is 0 Å². The van der Waals surface area contributed by atoms with E-state index >= 15 is 0 Å². The Labute approximate surface area is 99.2 Å². The third-order valence-corrected chi connectivity index (χ3v) is 2.62. The van der Waals surface area contributed by atoms with Crippen LogP contribution in [0.1, 0.15) is 24.1 Å². The first-order valence-corrected chi connectivity index (χ1v) is 5.51. The predicted octanol–water partition coefficient (Wildman–Crippen LogP) is 1.10. The first kappa shape index (κ1) is 11.4. The van der Waals surface area contributed by atoms with Crippen LogP contribution in [0.3, 0.4) is 0 Å². The van der Waals surface area contributed by atoms with Crippen molar-refractivity contribution in [3.8, 4) is 0 Å². The third-order valence-electron chi connectivity index (χ3n) is 2.62. The summed E-state index contributed by atoms with van der Waals surface area (Å²) >= 11 is 0. The second kappa shape index (κ2) is 4.86. The molecule has 0 aromatic heterocycles. The van der Waals surface area contributed by atoms with Crippen LogP contribution >= 0.6 is 0 Å². The lowest BCUT2D eigenvalue weighted by Gasteiger charge is -2.25. The Morgan fingerprint density at radius 2 is 2.29 bits per heavy atom. The summed E-state index contributed by atoms with van der Waals surface area (Å²) in [4.78, 5) is 23.1. The highest BCUT2D eigenvalue weighted by Crippen LogP contribution is 2.22. The lowest BCUT2D eigenvalue weighted by molar-refractivity contribution is -0.123. The highest BCUT2D eigenvalue weighted by atomic mass is 16.5. The van der Waals surface area contributed by atoms with Gasteiger partial charge in [0.2, 0.25) is 5.91 Å². The Bertz CT molecular complexity index is 445. The Morgan fingerprint density at radius 3 is 3.06 bits per heavy atom. The van der Waals surface area contributed by atoms with Gasteiger partial charge in [-0.1, -0.05) is 24.3 Å². The maximum Gasteiger partial charge on any atom is 0.408 e. The van der Waals surface area contributed by atoms with Gasteiger partial charge in [-0.3, -0.25) is 4.79 Å². The lowest BCUT2D eigenvalue weighted by atomic mass is 9.96. The van der Waals surface area contributed by atoms with Crippen molar-refractivity contribution in [1.82, 2.24) is 10.6 Å². The van der Waals surface area contributed by atoms with Crippen LogP contribution in [0.4, 0.5) is 4.79 Å². The fraction of sp³-hybridized carbons (Fsp3) is 0.333. The molecule has 0 saturated carbocycles. The van der Waals surface area contributed by atoms with Gasteiger partial charge in [0.15, 0.2) is 0 Å². The molecule has 1 aliphatic rings. The van der Waals surface area contributed by atoms with Crippen molar-refractivity contribution >= 4 is 12.0 Å². The van der Waals surface area contributed by atoms with Crippen LogP contribution in [0.2, 0.25) is 0 Å². The highest BCUT2D eigenvalue weighted by Gasteiger charge is 2.28. The summed E-state index contributed by atoms with van der Waals surface area (Å²) in [5.41, 5.74) is 1.83. The third kappa shape index (κ3) is 2.38. The number of amides is 2. The average Bonchev–Trinajstić information content (AvgIpc) is 2.33. The van der Waals surface area contributed by atoms with Gasteiger partial charge in [0.05, 0.1) is 6.61 Å². The smallest absolute Gasteiger partial charge is 0.408 e. The largest absolute Gasteiger partial charge is 0.450 e. The van der Waals surface area contributed by atoms with Gasteiger partial charge in [0.1, 0.15) is 6.04 Å². The van der Waals surface area contributed by atoms with E-state index in [1.54, 1.807) is 6.92 Å². The molecule has 17 heavy (non-hydrogen) atoms. The van der Waals surface area contributed by atoms with Crippen molar-refractivity contribution in [2.24, 2.45) is 0 Å². The molecule has 0 fully saturated rings. The summed E-state index contributed by atoms with van der Waals surface area (Å²) in [6, 6.07) is 6.84. The van der Waals surface area contributed by atoms with Crippen molar-refractivity contribution in [2.45, 2.75) is 19.5 Å². The molecule has 2 rings (SSSR count). The summed E-state index contributed by atoms with van der Waals surface area (Å²) in [5, 5.41) is 5.28. The van der Waals surface area contributed by atoms with E-state index in [0.29, 0.717) is 6.54 Å². The summed E-state index contributed by atoms with van der Waals surface area (Å²) in [5.74, 6) is -0.211. The number of carbonyl (C=O) groups is 2. The first-order chi connectivity index (χ1) is 8.22. The van der Waals surface area contributed by atoms with Crippen molar-refractivity contribution < 1.29 is 14.3 Å². The zero-order valence-corrected chi connectivity index (χ0v) is 9.53. The van der Waals surface area contributed by atoms with Gasteiger partial charge in [0.25, 0.3) is 0 Å². The molecule has 2 N–H and O–H groups in total. The molecule has 0 aliphatic carbocycles. The molecular weight excluding hydrogens is 220 g/mol. The minimum atomic E-state index is -0.668. The van der Waals surface area contributed by atoms with E-state index in [2.05, 4.69) is 10.6 Å². The number of alkyl carbamates (subject to hydrolysis) is 1. The topological polar surface area (TPSA) is 67.4 Å². The molecule has 0 radical (unpaired) electrons. The SMILES string of the molecule is CCOC(=O)N[C@H]1C(=O)NCc2ccccc21. The second-order valence-electron chi connectivity index (χ2n) is 3.71. The summed E-state index contributed by atoms with van der Waals surface area (Å²) in [7, 11) is 0. The molecule has 2 amide bonds. The maximum atomic E-state index is 11.7. The van der Waals surface area contributed by atoms with Gasteiger partial charge >= 0.3 is 6.09 Å². The zero-order chi connectivity index (χ0) is 12.3. The summed E-state index contributed by atoms with van der Waals surface area (Å²) < 4.78 is 4.78.